The first-order valence-corrected chi connectivity index (χ1v) is 16.7. The summed E-state index contributed by atoms with van der Waals surface area (Å²) in [4.78, 5) is 52.7. The van der Waals surface area contributed by atoms with Crippen LogP contribution in [0.5, 0.6) is 5.75 Å². The summed E-state index contributed by atoms with van der Waals surface area (Å²) in [6, 6.07) is 7.43. The first-order chi connectivity index (χ1) is 23.7. The van der Waals surface area contributed by atoms with Crippen molar-refractivity contribution in [1.29, 1.82) is 0 Å². The molecule has 2 aliphatic rings. The third-order valence-corrected chi connectivity index (χ3v) is 8.60. The number of carboxylic acid groups (broad SMARTS) is 1. The highest BCUT2D eigenvalue weighted by molar-refractivity contribution is 7.80. The molecule has 7 N–H and O–H groups in total. The lowest BCUT2D eigenvalue weighted by Gasteiger charge is -2.50. The van der Waals surface area contributed by atoms with Crippen LogP contribution in [0, 0.1) is 0 Å². The number of carbonyl (C=O) groups excluding carboxylic acids is 2. The van der Waals surface area contributed by atoms with Crippen molar-refractivity contribution in [3.63, 3.8) is 0 Å². The number of rotatable bonds is 13. The topological polar surface area (TPSA) is 303 Å². The fraction of sp³-hybridized carbons (Fsp3) is 0.346. The van der Waals surface area contributed by atoms with Crippen molar-refractivity contribution in [2.75, 3.05) is 30.7 Å². The molecule has 4 aromatic rings. The normalized spacial score (nSPS) is 18.3. The van der Waals surface area contributed by atoms with Gasteiger partial charge in [0.25, 0.3) is 11.8 Å². The van der Waals surface area contributed by atoms with Crippen LogP contribution in [0.15, 0.2) is 40.9 Å². The zero-order chi connectivity index (χ0) is 35.8. The number of anilines is 2. The summed E-state index contributed by atoms with van der Waals surface area (Å²) < 4.78 is 41.6. The Morgan fingerprint density at radius 3 is 2.66 bits per heavy atom. The summed E-state index contributed by atoms with van der Waals surface area (Å²) in [5, 5.41) is 35.1. The number of amides is 3. The van der Waals surface area contributed by atoms with Gasteiger partial charge in [0.05, 0.1) is 17.1 Å². The van der Waals surface area contributed by atoms with Gasteiger partial charge in [0.1, 0.15) is 29.9 Å². The first kappa shape index (κ1) is 34.2. The maximum Gasteiger partial charge on any atom is 0.418 e. The minimum atomic E-state index is -5.01. The summed E-state index contributed by atoms with van der Waals surface area (Å²) >= 11 is 1.01. The summed E-state index contributed by atoms with van der Waals surface area (Å²) in [6.07, 6.45) is -2.09. The average molecular weight is 733 g/mol. The number of aromatic amines is 1. The van der Waals surface area contributed by atoms with E-state index in [1.165, 1.54) is 24.1 Å². The Morgan fingerprint density at radius 2 is 2.02 bits per heavy atom. The Labute approximate surface area is 285 Å². The van der Waals surface area contributed by atoms with E-state index >= 15 is 0 Å². The largest absolute Gasteiger partial charge is 0.489 e. The number of likely N-dealkylation sites (tertiary alicyclic amines) is 1. The van der Waals surface area contributed by atoms with Gasteiger partial charge in [0.15, 0.2) is 10.8 Å². The Kier molecular flexibility index (Phi) is 9.08. The molecule has 0 radical (unpaired) electrons. The molecule has 3 aromatic heterocycles. The zero-order valence-electron chi connectivity index (χ0n) is 25.9. The van der Waals surface area contributed by atoms with Crippen LogP contribution < -0.4 is 21.1 Å². The highest BCUT2D eigenvalue weighted by Gasteiger charge is 2.58. The summed E-state index contributed by atoms with van der Waals surface area (Å²) in [5.74, 6) is -0.852. The van der Waals surface area contributed by atoms with Crippen LogP contribution in [0.25, 0.3) is 10.9 Å². The molecule has 2 atom stereocenters. The van der Waals surface area contributed by atoms with Crippen molar-refractivity contribution in [2.24, 2.45) is 5.16 Å². The number of nitrogens with one attached hydrogen (secondary N) is 3. The predicted molar refractivity (Wildman–Crippen MR) is 171 cm³/mol. The van der Waals surface area contributed by atoms with Crippen molar-refractivity contribution < 1.29 is 46.3 Å². The number of fused-ring (bicyclic) bond motifs is 1. The number of carbonyl (C=O) groups is 3. The Balaban J connectivity index is 1.15. The molecule has 2 aliphatic heterocycles. The van der Waals surface area contributed by atoms with Crippen molar-refractivity contribution >= 4 is 67.2 Å². The molecular formula is C26H28N12O10S2. The number of aromatic nitrogens is 6. The molecule has 0 bridgehead atoms. The highest BCUT2D eigenvalue weighted by atomic mass is 32.3. The molecule has 1 aromatic carbocycles. The number of pyridine rings is 1. The van der Waals surface area contributed by atoms with Crippen LogP contribution in [-0.2, 0) is 29.1 Å². The molecule has 0 spiro atoms. The van der Waals surface area contributed by atoms with Gasteiger partial charge in [-0.2, -0.15) is 18.7 Å². The van der Waals surface area contributed by atoms with Crippen molar-refractivity contribution in [1.82, 2.24) is 45.9 Å². The maximum absolute atomic E-state index is 13.4. The summed E-state index contributed by atoms with van der Waals surface area (Å²) in [5.41, 5.74) is 4.64. The fourth-order valence-corrected chi connectivity index (χ4v) is 5.98. The molecule has 0 saturated carbocycles. The van der Waals surface area contributed by atoms with Gasteiger partial charge in [-0.25, -0.2) is 14.8 Å². The number of hydrogen-bond donors (Lipinski definition) is 6. The number of hydroxylamine groups is 2. The number of H-pyrrole nitrogens is 1. The average Bonchev–Trinajstić information content (AvgIpc) is 3.73. The molecular weight excluding hydrogens is 704 g/mol. The molecule has 50 heavy (non-hydrogen) atoms. The van der Waals surface area contributed by atoms with Crippen molar-refractivity contribution in [2.45, 2.75) is 37.6 Å². The molecule has 2 unspecified atom stereocenters. The number of hydrogen-bond acceptors (Lipinski definition) is 17. The lowest BCUT2D eigenvalue weighted by atomic mass is 9.84. The van der Waals surface area contributed by atoms with Gasteiger partial charge >= 0.3 is 16.5 Å². The Bertz CT molecular complexity index is 2070. The predicted octanol–water partition coefficient (Wildman–Crippen LogP) is -0.0583. The molecule has 22 nitrogen and oxygen atoms in total. The third kappa shape index (κ3) is 7.31. The van der Waals surface area contributed by atoms with Crippen LogP contribution in [0.4, 0.5) is 15.7 Å². The SMILES string of the molecule is CC1(C)C(NC(=O)/C(=N\OC(COc2ccc3nc(NC4CN(C(=O)O)C4)ccc3c2)c2nn[nH]n2)c2csc(N)n2)C(=O)N1OS(=O)(=O)O. The number of tetrazole rings is 1. The maximum atomic E-state index is 13.4. The second kappa shape index (κ2) is 13.3. The molecule has 6 rings (SSSR count). The molecule has 0 aliphatic carbocycles. The molecule has 24 heteroatoms. The van der Waals surface area contributed by atoms with Crippen molar-refractivity contribution in [3.8, 4) is 5.75 Å². The van der Waals surface area contributed by atoms with Gasteiger partial charge in [-0.15, -0.1) is 25.8 Å². The van der Waals surface area contributed by atoms with E-state index in [9.17, 15) is 22.8 Å². The van der Waals surface area contributed by atoms with E-state index in [0.717, 1.165) is 16.7 Å². The number of β-lactam (4-membered cyclic amide) rings is 1. The number of thiazole rings is 1. The van der Waals surface area contributed by atoms with Gasteiger partial charge < -0.3 is 35.9 Å². The van der Waals surface area contributed by atoms with Gasteiger partial charge in [-0.1, -0.05) is 10.4 Å². The second-order valence-electron chi connectivity index (χ2n) is 11.5. The number of nitrogen functional groups attached to an aromatic ring is 1. The summed E-state index contributed by atoms with van der Waals surface area (Å²) in [7, 11) is -5.01. The lowest BCUT2D eigenvalue weighted by molar-refractivity contribution is -0.218. The first-order valence-electron chi connectivity index (χ1n) is 14.5. The van der Waals surface area contributed by atoms with Crippen LogP contribution in [0.1, 0.15) is 31.5 Å². The van der Waals surface area contributed by atoms with E-state index in [4.69, 9.17) is 25.0 Å². The minimum Gasteiger partial charge on any atom is -0.489 e. The fourth-order valence-electron chi connectivity index (χ4n) is 4.98. The van der Waals surface area contributed by atoms with Crippen LogP contribution in [0.3, 0.4) is 0 Å². The number of nitrogens with two attached hydrogens (primary N) is 1. The zero-order valence-corrected chi connectivity index (χ0v) is 27.6. The quantitative estimate of drug-likeness (QED) is 0.0454. The molecule has 3 amide bonds. The number of nitrogens with zero attached hydrogens (tertiary/aromatic N) is 8. The van der Waals surface area contributed by atoms with E-state index in [0.29, 0.717) is 35.2 Å². The van der Waals surface area contributed by atoms with E-state index < -0.39 is 51.7 Å². The van der Waals surface area contributed by atoms with Gasteiger partial charge in [-0.3, -0.25) is 14.1 Å². The molecule has 2 saturated heterocycles. The lowest BCUT2D eigenvalue weighted by Crippen LogP contribution is -2.76. The summed E-state index contributed by atoms with van der Waals surface area (Å²) in [6.45, 7) is 3.31. The molecule has 5 heterocycles. The number of benzene rings is 1. The third-order valence-electron chi connectivity index (χ3n) is 7.59. The van der Waals surface area contributed by atoms with Gasteiger partial charge in [0, 0.05) is 23.9 Å². The highest BCUT2D eigenvalue weighted by Crippen LogP contribution is 2.33. The Morgan fingerprint density at radius 1 is 1.24 bits per heavy atom. The standard InChI is InChI=1S/C26H28N12O10S2/c1-26(2)20(23(40)38(26)48-50(43,44)45)31-22(39)19(16-11-49-24(27)30-16)34-47-17(21-32-35-36-33-21)10-46-14-4-5-15-12(7-14)3-6-18(29-15)28-13-8-37(9-13)25(41)42/h3-7,11,13,17,20H,8-10H2,1-2H3,(H2,27,30)(H,28,29)(H,31,39)(H,41,42)(H,43,44,45)(H,32,33,35,36)/b34-19-. The number of ether oxygens (including phenoxy) is 1. The van der Waals surface area contributed by atoms with E-state index in [1.807, 2.05) is 6.07 Å². The molecule has 2 fully saturated rings. The van der Waals surface area contributed by atoms with Crippen molar-refractivity contribution in [3.05, 3.63) is 47.2 Å². The van der Waals surface area contributed by atoms with Gasteiger partial charge in [-0.05, 0) is 44.2 Å². The van der Waals surface area contributed by atoms with Crippen LogP contribution in [0.2, 0.25) is 0 Å². The van der Waals surface area contributed by atoms with E-state index in [-0.39, 0.29) is 29.3 Å². The van der Waals surface area contributed by atoms with E-state index in [2.05, 4.69) is 50.7 Å². The number of oxime groups is 1. The smallest absolute Gasteiger partial charge is 0.418 e. The van der Waals surface area contributed by atoms with Crippen LogP contribution >= 0.6 is 11.3 Å². The Hall–Kier alpha value is -5.72. The molecule has 264 valence electrons. The minimum absolute atomic E-state index is 0.000750. The van der Waals surface area contributed by atoms with Gasteiger partial charge in [0.2, 0.25) is 11.9 Å². The second-order valence-corrected chi connectivity index (χ2v) is 13.4. The van der Waals surface area contributed by atoms with E-state index in [1.54, 1.807) is 24.3 Å². The monoisotopic (exact) mass is 732 g/mol. The van der Waals surface area contributed by atoms with Crippen LogP contribution in [-0.4, -0.2) is 120 Å².